The number of carbonyl (C=O) groups excluding carboxylic acids is 1. The lowest BCUT2D eigenvalue weighted by atomic mass is 9.90. The van der Waals surface area contributed by atoms with Crippen molar-refractivity contribution in [2.24, 2.45) is 0 Å². The van der Waals surface area contributed by atoms with Crippen molar-refractivity contribution >= 4 is 11.6 Å². The molecule has 1 amide bonds. The Labute approximate surface area is 120 Å². The Bertz CT molecular complexity index is 494. The molecule has 21 heavy (non-hydrogen) atoms. The Balaban J connectivity index is 1.98. The highest BCUT2D eigenvalue weighted by Crippen LogP contribution is 2.25. The number of hydrogen-bond donors (Lipinski definition) is 2. The molecule has 0 aromatic heterocycles. The third kappa shape index (κ3) is 4.35. The van der Waals surface area contributed by atoms with Gasteiger partial charge in [-0.15, -0.1) is 13.2 Å². The van der Waals surface area contributed by atoms with Crippen LogP contribution in [0.5, 0.6) is 5.75 Å². The van der Waals surface area contributed by atoms with Gasteiger partial charge in [-0.05, 0) is 57.0 Å². The van der Waals surface area contributed by atoms with E-state index in [1.807, 2.05) is 6.92 Å². The molecule has 2 N–H and O–H groups in total. The molecule has 2 rings (SSSR count). The van der Waals surface area contributed by atoms with Crippen molar-refractivity contribution in [3.05, 3.63) is 24.3 Å². The number of anilines is 1. The Hall–Kier alpha value is -1.76. The molecule has 116 valence electrons. The van der Waals surface area contributed by atoms with Gasteiger partial charge in [0.25, 0.3) is 0 Å². The van der Waals surface area contributed by atoms with Gasteiger partial charge in [0.05, 0.1) is 5.54 Å². The van der Waals surface area contributed by atoms with E-state index in [2.05, 4.69) is 15.4 Å². The van der Waals surface area contributed by atoms with Gasteiger partial charge in [-0.3, -0.25) is 4.79 Å². The lowest BCUT2D eigenvalue weighted by Gasteiger charge is -2.33. The number of nitrogens with one attached hydrogen (secondary N) is 2. The molecule has 1 heterocycles. The second-order valence-electron chi connectivity index (χ2n) is 5.24. The summed E-state index contributed by atoms with van der Waals surface area (Å²) >= 11 is 0. The number of rotatable bonds is 3. The largest absolute Gasteiger partial charge is 0.573 e. The average Bonchev–Trinajstić information content (AvgIpc) is 2.40. The minimum Gasteiger partial charge on any atom is -0.406 e. The van der Waals surface area contributed by atoms with Gasteiger partial charge in [0.2, 0.25) is 5.91 Å². The maximum absolute atomic E-state index is 12.2. The summed E-state index contributed by atoms with van der Waals surface area (Å²) in [4.78, 5) is 12.2. The molecule has 0 bridgehead atoms. The van der Waals surface area contributed by atoms with Crippen LogP contribution in [0.25, 0.3) is 0 Å². The molecule has 1 atom stereocenters. The summed E-state index contributed by atoms with van der Waals surface area (Å²) in [6.07, 6.45) is -1.99. The smallest absolute Gasteiger partial charge is 0.406 e. The van der Waals surface area contributed by atoms with Crippen LogP contribution in [-0.4, -0.2) is 24.4 Å². The summed E-state index contributed by atoms with van der Waals surface area (Å²) in [6.45, 7) is 2.60. The number of carbonyl (C=O) groups is 1. The van der Waals surface area contributed by atoms with Gasteiger partial charge in [-0.25, -0.2) is 0 Å². The van der Waals surface area contributed by atoms with Crippen LogP contribution in [-0.2, 0) is 4.79 Å². The molecule has 1 aliphatic heterocycles. The molecular formula is C14H17F3N2O2. The third-order valence-electron chi connectivity index (χ3n) is 3.47. The normalized spacial score (nSPS) is 22.7. The number of hydrogen-bond acceptors (Lipinski definition) is 3. The van der Waals surface area contributed by atoms with Crippen molar-refractivity contribution in [2.45, 2.75) is 38.1 Å². The SMILES string of the molecule is CC1(C(=O)Nc2ccc(OC(F)(F)F)cc2)CCCCN1. The molecule has 0 saturated carbocycles. The van der Waals surface area contributed by atoms with Gasteiger partial charge in [0.1, 0.15) is 5.75 Å². The number of ether oxygens (including phenoxy) is 1. The Morgan fingerprint density at radius 1 is 1.29 bits per heavy atom. The van der Waals surface area contributed by atoms with Gasteiger partial charge in [0.15, 0.2) is 0 Å². The zero-order valence-corrected chi connectivity index (χ0v) is 11.6. The standard InChI is InChI=1S/C14H17F3N2O2/c1-13(8-2-3-9-18-13)12(20)19-10-4-6-11(7-5-10)21-14(15,16)17/h4-7,18H,2-3,8-9H2,1H3,(H,19,20). The van der Waals surface area contributed by atoms with Gasteiger partial charge in [0, 0.05) is 5.69 Å². The summed E-state index contributed by atoms with van der Waals surface area (Å²) in [5.74, 6) is -0.505. The van der Waals surface area contributed by atoms with E-state index in [1.165, 1.54) is 24.3 Å². The summed E-state index contributed by atoms with van der Waals surface area (Å²) in [5, 5.41) is 5.88. The van der Waals surface area contributed by atoms with E-state index in [1.54, 1.807) is 0 Å². The first-order valence-corrected chi connectivity index (χ1v) is 6.71. The van der Waals surface area contributed by atoms with Crippen LogP contribution >= 0.6 is 0 Å². The monoisotopic (exact) mass is 302 g/mol. The molecule has 1 aliphatic rings. The van der Waals surface area contributed by atoms with E-state index in [4.69, 9.17) is 0 Å². The molecule has 1 unspecified atom stereocenters. The molecular weight excluding hydrogens is 285 g/mol. The van der Waals surface area contributed by atoms with Crippen LogP contribution in [0.2, 0.25) is 0 Å². The number of halogens is 3. The maximum atomic E-state index is 12.2. The summed E-state index contributed by atoms with van der Waals surface area (Å²) in [6, 6.07) is 5.09. The number of amides is 1. The highest BCUT2D eigenvalue weighted by atomic mass is 19.4. The number of benzene rings is 1. The topological polar surface area (TPSA) is 50.4 Å². The predicted molar refractivity (Wildman–Crippen MR) is 72.0 cm³/mol. The minimum atomic E-state index is -4.72. The second-order valence-corrected chi connectivity index (χ2v) is 5.24. The van der Waals surface area contributed by atoms with Crippen LogP contribution < -0.4 is 15.4 Å². The number of alkyl halides is 3. The third-order valence-corrected chi connectivity index (χ3v) is 3.47. The zero-order valence-electron chi connectivity index (χ0n) is 11.6. The van der Waals surface area contributed by atoms with Gasteiger partial charge < -0.3 is 15.4 Å². The van der Waals surface area contributed by atoms with E-state index < -0.39 is 11.9 Å². The fourth-order valence-electron chi connectivity index (χ4n) is 2.26. The summed E-state index contributed by atoms with van der Waals surface area (Å²) in [5.41, 5.74) is -0.206. The van der Waals surface area contributed by atoms with Crippen molar-refractivity contribution in [1.82, 2.24) is 5.32 Å². The van der Waals surface area contributed by atoms with E-state index in [-0.39, 0.29) is 11.7 Å². The Morgan fingerprint density at radius 3 is 2.48 bits per heavy atom. The molecule has 0 radical (unpaired) electrons. The van der Waals surface area contributed by atoms with Crippen LogP contribution in [0.15, 0.2) is 24.3 Å². The highest BCUT2D eigenvalue weighted by Gasteiger charge is 2.34. The van der Waals surface area contributed by atoms with Crippen molar-refractivity contribution < 1.29 is 22.7 Å². The molecule has 1 saturated heterocycles. The van der Waals surface area contributed by atoms with Crippen LogP contribution in [0.4, 0.5) is 18.9 Å². The Morgan fingerprint density at radius 2 is 1.95 bits per heavy atom. The van der Waals surface area contributed by atoms with Crippen molar-refractivity contribution in [2.75, 3.05) is 11.9 Å². The molecule has 4 nitrogen and oxygen atoms in total. The lowest BCUT2D eigenvalue weighted by molar-refractivity contribution is -0.274. The fourth-order valence-corrected chi connectivity index (χ4v) is 2.26. The van der Waals surface area contributed by atoms with E-state index in [9.17, 15) is 18.0 Å². The zero-order chi connectivity index (χ0) is 15.5. The van der Waals surface area contributed by atoms with Crippen LogP contribution in [0.3, 0.4) is 0 Å². The van der Waals surface area contributed by atoms with Gasteiger partial charge >= 0.3 is 6.36 Å². The molecule has 7 heteroatoms. The van der Waals surface area contributed by atoms with Crippen molar-refractivity contribution in [1.29, 1.82) is 0 Å². The highest BCUT2D eigenvalue weighted by molar-refractivity contribution is 5.97. The maximum Gasteiger partial charge on any atom is 0.573 e. The van der Waals surface area contributed by atoms with Gasteiger partial charge in [-0.1, -0.05) is 0 Å². The second kappa shape index (κ2) is 5.93. The predicted octanol–water partition coefficient (Wildman–Crippen LogP) is 3.06. The minimum absolute atomic E-state index is 0.188. The van der Waals surface area contributed by atoms with Crippen LogP contribution in [0.1, 0.15) is 26.2 Å². The number of piperidine rings is 1. The lowest BCUT2D eigenvalue weighted by Crippen LogP contribution is -2.54. The van der Waals surface area contributed by atoms with E-state index in [0.717, 1.165) is 25.8 Å². The average molecular weight is 302 g/mol. The first kappa shape index (κ1) is 15.6. The fraction of sp³-hybridized carbons (Fsp3) is 0.500. The van der Waals surface area contributed by atoms with Gasteiger partial charge in [-0.2, -0.15) is 0 Å². The first-order chi connectivity index (χ1) is 9.78. The van der Waals surface area contributed by atoms with Crippen molar-refractivity contribution in [3.8, 4) is 5.75 Å². The van der Waals surface area contributed by atoms with Crippen molar-refractivity contribution in [3.63, 3.8) is 0 Å². The molecule has 1 aromatic carbocycles. The van der Waals surface area contributed by atoms with E-state index >= 15 is 0 Å². The molecule has 1 aromatic rings. The molecule has 0 aliphatic carbocycles. The summed E-state index contributed by atoms with van der Waals surface area (Å²) < 4.78 is 39.9. The first-order valence-electron chi connectivity index (χ1n) is 6.71. The Kier molecular flexibility index (Phi) is 4.41. The van der Waals surface area contributed by atoms with Crippen LogP contribution in [0, 0.1) is 0 Å². The summed E-state index contributed by atoms with van der Waals surface area (Å²) in [7, 11) is 0. The molecule has 0 spiro atoms. The quantitative estimate of drug-likeness (QED) is 0.902. The van der Waals surface area contributed by atoms with E-state index in [0.29, 0.717) is 5.69 Å². The molecule has 1 fully saturated rings.